The predicted octanol–water partition coefficient (Wildman–Crippen LogP) is 1.03. The quantitative estimate of drug-likeness (QED) is 0.830. The van der Waals surface area contributed by atoms with Gasteiger partial charge in [-0.05, 0) is 19.9 Å². The van der Waals surface area contributed by atoms with E-state index in [0.717, 1.165) is 0 Å². The molecule has 2 aromatic rings. The van der Waals surface area contributed by atoms with Crippen molar-refractivity contribution in [3.63, 3.8) is 0 Å². The Morgan fingerprint density at radius 1 is 1.50 bits per heavy atom. The number of hydrogen-bond donors (Lipinski definition) is 2. The first-order chi connectivity index (χ1) is 9.44. The summed E-state index contributed by atoms with van der Waals surface area (Å²) in [5.41, 5.74) is 0.556. The Balaban J connectivity index is 2.21. The van der Waals surface area contributed by atoms with Crippen LogP contribution in [0.2, 0.25) is 0 Å². The van der Waals surface area contributed by atoms with E-state index in [9.17, 15) is 13.5 Å². The lowest BCUT2D eigenvalue weighted by Gasteiger charge is -2.10. The van der Waals surface area contributed by atoms with E-state index in [2.05, 4.69) is 9.88 Å². The van der Waals surface area contributed by atoms with E-state index in [4.69, 9.17) is 4.52 Å². The van der Waals surface area contributed by atoms with Crippen molar-refractivity contribution in [3.8, 4) is 0 Å². The number of hydrogen-bond acceptors (Lipinski definition) is 5. The van der Waals surface area contributed by atoms with Gasteiger partial charge in [0.15, 0.2) is 5.76 Å². The van der Waals surface area contributed by atoms with Crippen LogP contribution >= 0.6 is 0 Å². The van der Waals surface area contributed by atoms with Crippen LogP contribution in [0, 0.1) is 0 Å². The van der Waals surface area contributed by atoms with E-state index in [-0.39, 0.29) is 24.1 Å². The zero-order chi connectivity index (χ0) is 14.8. The lowest BCUT2D eigenvalue weighted by molar-refractivity contribution is 0.268. The van der Waals surface area contributed by atoms with Crippen molar-refractivity contribution in [2.75, 3.05) is 0 Å². The molecular weight excluding hydrogens is 282 g/mol. The van der Waals surface area contributed by atoms with Crippen LogP contribution in [-0.2, 0) is 23.2 Å². The van der Waals surface area contributed by atoms with Gasteiger partial charge in [-0.1, -0.05) is 5.16 Å². The molecule has 20 heavy (non-hydrogen) atoms. The van der Waals surface area contributed by atoms with Crippen LogP contribution in [0.15, 0.2) is 33.9 Å². The second-order valence-corrected chi connectivity index (χ2v) is 6.40. The van der Waals surface area contributed by atoms with E-state index < -0.39 is 10.0 Å². The summed E-state index contributed by atoms with van der Waals surface area (Å²) in [6.45, 7) is 3.65. The van der Waals surface area contributed by atoms with Gasteiger partial charge in [0.05, 0.1) is 24.2 Å². The van der Waals surface area contributed by atoms with Gasteiger partial charge in [0.1, 0.15) is 0 Å². The number of nitrogens with zero attached hydrogens (tertiary/aromatic N) is 2. The van der Waals surface area contributed by atoms with Crippen LogP contribution in [0.3, 0.4) is 0 Å². The van der Waals surface area contributed by atoms with Crippen LogP contribution in [0.1, 0.15) is 31.3 Å². The molecule has 0 unspecified atom stereocenters. The van der Waals surface area contributed by atoms with Crippen LogP contribution in [0.25, 0.3) is 0 Å². The predicted molar refractivity (Wildman–Crippen MR) is 71.3 cm³/mol. The average molecular weight is 299 g/mol. The molecule has 2 heterocycles. The first-order valence-electron chi connectivity index (χ1n) is 6.15. The van der Waals surface area contributed by atoms with Gasteiger partial charge in [0.25, 0.3) is 0 Å². The Bertz CT molecular complexity index is 659. The molecule has 0 amide bonds. The molecule has 7 nitrogen and oxygen atoms in total. The minimum atomic E-state index is -3.65. The monoisotopic (exact) mass is 299 g/mol. The fourth-order valence-electron chi connectivity index (χ4n) is 1.83. The molecule has 0 aliphatic rings. The van der Waals surface area contributed by atoms with Gasteiger partial charge in [0.2, 0.25) is 10.0 Å². The Kier molecular flexibility index (Phi) is 4.26. The number of aliphatic hydroxyl groups excluding tert-OH is 1. The second kappa shape index (κ2) is 5.78. The summed E-state index contributed by atoms with van der Waals surface area (Å²) in [6.07, 6.45) is 2.96. The second-order valence-electron chi connectivity index (χ2n) is 4.63. The molecule has 0 radical (unpaired) electrons. The third-order valence-corrected chi connectivity index (χ3v) is 4.23. The summed E-state index contributed by atoms with van der Waals surface area (Å²) < 4.78 is 33.3. The summed E-state index contributed by atoms with van der Waals surface area (Å²) in [5, 5.41) is 12.8. The number of nitrogens with one attached hydrogen (secondary N) is 1. The van der Waals surface area contributed by atoms with Crippen molar-refractivity contribution in [3.05, 3.63) is 36.0 Å². The normalized spacial score (nSPS) is 12.2. The number of sulfonamides is 1. The molecule has 0 saturated heterocycles. The summed E-state index contributed by atoms with van der Waals surface area (Å²) in [4.78, 5) is 0.120. The van der Waals surface area contributed by atoms with Gasteiger partial charge >= 0.3 is 0 Å². The SMILES string of the molecule is CC(C)n1cc(S(=O)(=O)NCc2ccno2)cc1CO. The molecule has 0 saturated carbocycles. The summed E-state index contributed by atoms with van der Waals surface area (Å²) >= 11 is 0. The molecule has 0 spiro atoms. The van der Waals surface area contributed by atoms with E-state index in [0.29, 0.717) is 11.5 Å². The number of aromatic nitrogens is 2. The maximum absolute atomic E-state index is 12.2. The van der Waals surface area contributed by atoms with Gasteiger partial charge in [-0.25, -0.2) is 13.1 Å². The van der Waals surface area contributed by atoms with Crippen LogP contribution in [0.4, 0.5) is 0 Å². The molecule has 0 atom stereocenters. The maximum Gasteiger partial charge on any atom is 0.242 e. The van der Waals surface area contributed by atoms with Gasteiger partial charge in [-0.15, -0.1) is 0 Å². The molecule has 0 aromatic carbocycles. The van der Waals surface area contributed by atoms with E-state index in [1.54, 1.807) is 10.6 Å². The van der Waals surface area contributed by atoms with Crippen molar-refractivity contribution in [2.24, 2.45) is 0 Å². The van der Waals surface area contributed by atoms with Crippen molar-refractivity contribution in [1.82, 2.24) is 14.4 Å². The zero-order valence-electron chi connectivity index (χ0n) is 11.3. The van der Waals surface area contributed by atoms with Gasteiger partial charge < -0.3 is 14.2 Å². The molecule has 0 fully saturated rings. The molecule has 0 aliphatic heterocycles. The zero-order valence-corrected chi connectivity index (χ0v) is 12.1. The van der Waals surface area contributed by atoms with E-state index >= 15 is 0 Å². The Labute approximate surface area is 117 Å². The minimum Gasteiger partial charge on any atom is -0.390 e. The standard InChI is InChI=1S/C12H17N3O4S/c1-9(2)15-7-12(5-10(15)8-16)20(17,18)14-6-11-3-4-13-19-11/h3-5,7,9,14,16H,6,8H2,1-2H3. The Hall–Kier alpha value is -1.64. The molecule has 2 N–H and O–H groups in total. The number of aliphatic hydroxyl groups is 1. The van der Waals surface area contributed by atoms with Crippen molar-refractivity contribution >= 4 is 10.0 Å². The first-order valence-corrected chi connectivity index (χ1v) is 7.63. The molecule has 110 valence electrons. The molecule has 0 aliphatic carbocycles. The highest BCUT2D eigenvalue weighted by Gasteiger charge is 2.19. The lowest BCUT2D eigenvalue weighted by atomic mass is 10.3. The fraction of sp³-hybridized carbons (Fsp3) is 0.417. The Morgan fingerprint density at radius 3 is 2.75 bits per heavy atom. The smallest absolute Gasteiger partial charge is 0.242 e. The Morgan fingerprint density at radius 2 is 2.25 bits per heavy atom. The summed E-state index contributed by atoms with van der Waals surface area (Å²) in [7, 11) is -3.65. The van der Waals surface area contributed by atoms with Crippen molar-refractivity contribution in [1.29, 1.82) is 0 Å². The van der Waals surface area contributed by atoms with Crippen molar-refractivity contribution < 1.29 is 18.0 Å². The molecule has 2 rings (SSSR count). The highest BCUT2D eigenvalue weighted by atomic mass is 32.2. The van der Waals surface area contributed by atoms with E-state index in [1.807, 2.05) is 13.8 Å². The van der Waals surface area contributed by atoms with Crippen molar-refractivity contribution in [2.45, 2.75) is 37.9 Å². The average Bonchev–Trinajstić information content (AvgIpc) is 3.05. The third-order valence-electron chi connectivity index (χ3n) is 2.86. The first kappa shape index (κ1) is 14.8. The highest BCUT2D eigenvalue weighted by molar-refractivity contribution is 7.89. The van der Waals surface area contributed by atoms with Crippen LogP contribution in [0.5, 0.6) is 0 Å². The fourth-order valence-corrected chi connectivity index (χ4v) is 2.88. The minimum absolute atomic E-state index is 0.0314. The summed E-state index contributed by atoms with van der Waals surface area (Å²) in [5.74, 6) is 0.430. The number of rotatable bonds is 6. The molecular formula is C12H17N3O4S. The molecule has 0 bridgehead atoms. The largest absolute Gasteiger partial charge is 0.390 e. The van der Waals surface area contributed by atoms with Gasteiger partial charge in [-0.3, -0.25) is 0 Å². The molecule has 8 heteroatoms. The van der Waals surface area contributed by atoms with Crippen LogP contribution in [-0.4, -0.2) is 23.2 Å². The maximum atomic E-state index is 12.2. The van der Waals surface area contributed by atoms with Gasteiger partial charge in [0, 0.05) is 24.0 Å². The van der Waals surface area contributed by atoms with Gasteiger partial charge in [-0.2, -0.15) is 0 Å². The third kappa shape index (κ3) is 3.09. The lowest BCUT2D eigenvalue weighted by Crippen LogP contribution is -2.22. The van der Waals surface area contributed by atoms with Crippen LogP contribution < -0.4 is 4.72 Å². The molecule has 2 aromatic heterocycles. The van der Waals surface area contributed by atoms with E-state index in [1.165, 1.54) is 18.5 Å². The topological polar surface area (TPSA) is 97.4 Å². The summed E-state index contributed by atoms with van der Waals surface area (Å²) in [6, 6.07) is 3.11. The highest BCUT2D eigenvalue weighted by Crippen LogP contribution is 2.19.